The van der Waals surface area contributed by atoms with Crippen LogP contribution < -0.4 is 5.32 Å². The summed E-state index contributed by atoms with van der Waals surface area (Å²) in [5, 5.41) is 15.7. The summed E-state index contributed by atoms with van der Waals surface area (Å²) in [5.41, 5.74) is 1.92. The number of nitrogens with zero attached hydrogens (tertiary/aromatic N) is 4. The second kappa shape index (κ2) is 9.98. The van der Waals surface area contributed by atoms with Crippen molar-refractivity contribution in [1.29, 1.82) is 0 Å². The molecule has 0 aliphatic heterocycles. The number of halogens is 2. The minimum Gasteiger partial charge on any atom is -0.308 e. The van der Waals surface area contributed by atoms with E-state index in [1.54, 1.807) is 17.8 Å². The van der Waals surface area contributed by atoms with Crippen molar-refractivity contribution in [2.24, 2.45) is 7.05 Å². The largest absolute Gasteiger partial charge is 0.308 e. The number of rotatable bonds is 8. The molecule has 148 valence electrons. The predicted molar refractivity (Wildman–Crippen MR) is 119 cm³/mol. The number of carbonyl (C=O) groups is 1. The lowest BCUT2D eigenvalue weighted by molar-refractivity contribution is -0.113. The normalized spacial score (nSPS) is 11.0. The summed E-state index contributed by atoms with van der Waals surface area (Å²) in [5.74, 6) is 2.41. The summed E-state index contributed by atoms with van der Waals surface area (Å²) in [7, 11) is 1.90. The van der Waals surface area contributed by atoms with Crippen LogP contribution in [-0.4, -0.2) is 31.4 Å². The van der Waals surface area contributed by atoms with E-state index in [2.05, 4.69) is 20.5 Å². The number of carbonyl (C=O) groups excluding carboxylic acids is 1. The van der Waals surface area contributed by atoms with Crippen LogP contribution in [0.3, 0.4) is 0 Å². The number of hydrogen-bond donors (Lipinski definition) is 1. The molecule has 3 rings (SSSR count). The Morgan fingerprint density at radius 3 is 2.82 bits per heavy atom. The Kier molecular flexibility index (Phi) is 7.64. The molecule has 0 fully saturated rings. The maximum absolute atomic E-state index is 12.0. The van der Waals surface area contributed by atoms with Crippen LogP contribution in [0.5, 0.6) is 0 Å². The third-order valence-electron chi connectivity index (χ3n) is 3.63. The average molecular weight is 474 g/mol. The van der Waals surface area contributed by atoms with Crippen LogP contribution in [0.2, 0.25) is 10.0 Å². The number of thioether (sulfide) groups is 2. The van der Waals surface area contributed by atoms with Crippen LogP contribution in [0.1, 0.15) is 17.1 Å². The van der Waals surface area contributed by atoms with Crippen LogP contribution in [0.15, 0.2) is 28.7 Å². The van der Waals surface area contributed by atoms with Crippen molar-refractivity contribution in [1.82, 2.24) is 19.7 Å². The quantitative estimate of drug-likeness (QED) is 0.461. The molecule has 0 unspecified atom stereocenters. The fourth-order valence-corrected chi connectivity index (χ4v) is 5.18. The summed E-state index contributed by atoms with van der Waals surface area (Å²) in [4.78, 5) is 16.3. The van der Waals surface area contributed by atoms with Crippen LogP contribution in [0.25, 0.3) is 0 Å². The van der Waals surface area contributed by atoms with Crippen molar-refractivity contribution in [2.45, 2.75) is 23.6 Å². The lowest BCUT2D eigenvalue weighted by Crippen LogP contribution is -2.14. The number of aryl methyl sites for hydroxylation is 1. The zero-order valence-electron chi connectivity index (χ0n) is 15.1. The van der Waals surface area contributed by atoms with Crippen molar-refractivity contribution in [3.63, 3.8) is 0 Å². The fraction of sp³-hybridized carbons (Fsp3) is 0.294. The Hall–Kier alpha value is -1.26. The topological polar surface area (TPSA) is 72.7 Å². The third-order valence-corrected chi connectivity index (χ3v) is 7.09. The maximum Gasteiger partial charge on any atom is 0.236 e. The van der Waals surface area contributed by atoms with Gasteiger partial charge in [-0.25, -0.2) is 4.98 Å². The highest BCUT2D eigenvalue weighted by Gasteiger charge is 2.13. The van der Waals surface area contributed by atoms with Gasteiger partial charge in [-0.05, 0) is 24.6 Å². The van der Waals surface area contributed by atoms with Gasteiger partial charge in [0.05, 0.1) is 17.2 Å². The van der Waals surface area contributed by atoms with Gasteiger partial charge in [0.15, 0.2) is 10.3 Å². The number of hydrogen-bond acceptors (Lipinski definition) is 7. The van der Waals surface area contributed by atoms with E-state index in [0.717, 1.165) is 22.8 Å². The Labute approximate surface area is 185 Å². The van der Waals surface area contributed by atoms with E-state index in [1.807, 2.05) is 36.1 Å². The van der Waals surface area contributed by atoms with Crippen LogP contribution >= 0.6 is 58.1 Å². The molecule has 0 bridgehead atoms. The first-order chi connectivity index (χ1) is 13.4. The minimum absolute atomic E-state index is 0.115. The highest BCUT2D eigenvalue weighted by Crippen LogP contribution is 2.26. The van der Waals surface area contributed by atoms with Gasteiger partial charge >= 0.3 is 0 Å². The van der Waals surface area contributed by atoms with E-state index in [4.69, 9.17) is 23.2 Å². The first-order valence-corrected chi connectivity index (χ1v) is 11.9. The lowest BCUT2D eigenvalue weighted by atomic mass is 10.2. The predicted octanol–water partition coefficient (Wildman–Crippen LogP) is 5.05. The molecule has 1 N–H and O–H groups in total. The van der Waals surface area contributed by atoms with Gasteiger partial charge < -0.3 is 9.88 Å². The molecular formula is C17H17Cl2N5OS3. The molecule has 0 atom stereocenters. The van der Waals surface area contributed by atoms with E-state index in [1.165, 1.54) is 23.1 Å². The smallest absolute Gasteiger partial charge is 0.236 e. The van der Waals surface area contributed by atoms with Crippen molar-refractivity contribution < 1.29 is 4.79 Å². The van der Waals surface area contributed by atoms with Crippen molar-refractivity contribution >= 4 is 69.1 Å². The monoisotopic (exact) mass is 473 g/mol. The molecule has 0 aliphatic carbocycles. The molecule has 2 aromatic heterocycles. The highest BCUT2D eigenvalue weighted by molar-refractivity contribution is 7.99. The summed E-state index contributed by atoms with van der Waals surface area (Å²) in [6, 6.07) is 5.50. The Balaban J connectivity index is 1.48. The van der Waals surface area contributed by atoms with E-state index in [9.17, 15) is 4.79 Å². The van der Waals surface area contributed by atoms with Crippen LogP contribution in [-0.2, 0) is 23.3 Å². The zero-order valence-corrected chi connectivity index (χ0v) is 19.1. The molecular weight excluding hydrogens is 457 g/mol. The van der Waals surface area contributed by atoms with Gasteiger partial charge in [-0.1, -0.05) is 41.0 Å². The standard InChI is InChI=1S/C17H17Cl2N5OS3/c1-10-6-27-16(20-10)21-15(25)9-28-17-23-22-14(24(17)2)8-26-7-11-3-4-12(18)5-13(11)19/h3-6H,7-9H2,1-2H3,(H,20,21,25). The number of aromatic nitrogens is 4. The molecule has 0 saturated carbocycles. The van der Waals surface area contributed by atoms with Crippen LogP contribution in [0.4, 0.5) is 5.13 Å². The molecule has 1 aromatic carbocycles. The summed E-state index contributed by atoms with van der Waals surface area (Å²) >= 11 is 16.6. The molecule has 0 spiro atoms. The molecule has 1 amide bonds. The third kappa shape index (κ3) is 5.87. The minimum atomic E-state index is -0.115. The van der Waals surface area contributed by atoms with Gasteiger partial charge in [-0.3, -0.25) is 4.79 Å². The number of thiazole rings is 1. The highest BCUT2D eigenvalue weighted by atomic mass is 35.5. The SMILES string of the molecule is Cc1csc(NC(=O)CSc2nnc(CSCc3ccc(Cl)cc3Cl)n2C)n1. The first-order valence-electron chi connectivity index (χ1n) is 8.17. The van der Waals surface area contributed by atoms with Crippen molar-refractivity contribution in [3.05, 3.63) is 50.7 Å². The summed E-state index contributed by atoms with van der Waals surface area (Å²) < 4.78 is 1.90. The van der Waals surface area contributed by atoms with Gasteiger partial charge in [0.1, 0.15) is 5.82 Å². The average Bonchev–Trinajstić information content (AvgIpc) is 3.21. The van der Waals surface area contributed by atoms with Gasteiger partial charge in [0.25, 0.3) is 0 Å². The number of anilines is 1. The van der Waals surface area contributed by atoms with Gasteiger partial charge in [0, 0.05) is 28.2 Å². The molecule has 28 heavy (non-hydrogen) atoms. The first kappa shape index (κ1) is 21.4. The van der Waals surface area contributed by atoms with Gasteiger partial charge in [-0.2, -0.15) is 0 Å². The summed E-state index contributed by atoms with van der Waals surface area (Å²) in [6.45, 7) is 1.89. The molecule has 0 aliphatic rings. The van der Waals surface area contributed by atoms with E-state index in [0.29, 0.717) is 26.1 Å². The second-order valence-electron chi connectivity index (χ2n) is 5.82. The van der Waals surface area contributed by atoms with Gasteiger partial charge in [0.2, 0.25) is 5.91 Å². The zero-order chi connectivity index (χ0) is 20.1. The fourth-order valence-electron chi connectivity index (χ4n) is 2.18. The number of nitrogens with one attached hydrogen (secondary N) is 1. The van der Waals surface area contributed by atoms with E-state index in [-0.39, 0.29) is 11.7 Å². The van der Waals surface area contributed by atoms with Crippen LogP contribution in [0, 0.1) is 6.92 Å². The number of benzene rings is 1. The summed E-state index contributed by atoms with van der Waals surface area (Å²) in [6.07, 6.45) is 0. The van der Waals surface area contributed by atoms with Crippen molar-refractivity contribution in [2.75, 3.05) is 11.1 Å². The Morgan fingerprint density at radius 1 is 1.29 bits per heavy atom. The van der Waals surface area contributed by atoms with E-state index < -0.39 is 0 Å². The second-order valence-corrected chi connectivity index (χ2v) is 9.45. The van der Waals surface area contributed by atoms with Crippen molar-refractivity contribution in [3.8, 4) is 0 Å². The Morgan fingerprint density at radius 2 is 2.11 bits per heavy atom. The van der Waals surface area contributed by atoms with Gasteiger partial charge in [-0.15, -0.1) is 33.3 Å². The van der Waals surface area contributed by atoms with E-state index >= 15 is 0 Å². The maximum atomic E-state index is 12.0. The molecule has 2 heterocycles. The molecule has 11 heteroatoms. The molecule has 0 radical (unpaired) electrons. The lowest BCUT2D eigenvalue weighted by Gasteiger charge is -2.06. The molecule has 0 saturated heterocycles. The Bertz CT molecular complexity index is 976. The molecule has 6 nitrogen and oxygen atoms in total. The number of amides is 1. The molecule has 3 aromatic rings.